The number of rotatable bonds is 4. The smallest absolute Gasteiger partial charge is 0.165 e. The first-order chi connectivity index (χ1) is 10.7. The summed E-state index contributed by atoms with van der Waals surface area (Å²) in [7, 11) is 1.47. The van der Waals surface area contributed by atoms with E-state index in [9.17, 15) is 4.39 Å². The van der Waals surface area contributed by atoms with Crippen LogP contribution in [0, 0.1) is 5.82 Å². The van der Waals surface area contributed by atoms with Gasteiger partial charge in [0, 0.05) is 0 Å². The number of benzene rings is 3. The summed E-state index contributed by atoms with van der Waals surface area (Å²) in [5.74, 6) is -0.0628. The summed E-state index contributed by atoms with van der Waals surface area (Å²) in [5.41, 5.74) is 3.23. The van der Waals surface area contributed by atoms with E-state index in [2.05, 4.69) is 37.3 Å². The average molecular weight is 294 g/mol. The Kier molecular flexibility index (Phi) is 4.10. The first kappa shape index (κ1) is 14.6. The number of halogens is 1. The first-order valence-corrected chi connectivity index (χ1v) is 7.58. The Hall–Kier alpha value is -2.35. The Morgan fingerprint density at radius 2 is 1.55 bits per heavy atom. The van der Waals surface area contributed by atoms with Crippen LogP contribution in [0.15, 0.2) is 54.6 Å². The summed E-state index contributed by atoms with van der Waals surface area (Å²) < 4.78 is 18.8. The molecular weight excluding hydrogens is 275 g/mol. The van der Waals surface area contributed by atoms with Crippen LogP contribution < -0.4 is 4.74 Å². The predicted octanol–water partition coefficient (Wildman–Crippen LogP) is 5.61. The number of hydrogen-bond acceptors (Lipinski definition) is 1. The van der Waals surface area contributed by atoms with Crippen molar-refractivity contribution in [1.82, 2.24) is 0 Å². The Morgan fingerprint density at radius 1 is 0.864 bits per heavy atom. The Labute approximate surface area is 130 Å². The Bertz CT molecular complexity index is 808. The molecule has 0 saturated carbocycles. The molecule has 0 aliphatic rings. The number of ether oxygens (including phenoxy) is 1. The van der Waals surface area contributed by atoms with Crippen molar-refractivity contribution in [2.45, 2.75) is 19.8 Å². The summed E-state index contributed by atoms with van der Waals surface area (Å²) in [6.07, 6.45) is 2.25. The maximum absolute atomic E-state index is 13.9. The second kappa shape index (κ2) is 6.18. The van der Waals surface area contributed by atoms with Crippen molar-refractivity contribution < 1.29 is 9.13 Å². The fourth-order valence-corrected chi connectivity index (χ4v) is 2.76. The van der Waals surface area contributed by atoms with E-state index >= 15 is 0 Å². The Morgan fingerprint density at radius 3 is 2.27 bits per heavy atom. The minimum atomic E-state index is -0.335. The Balaban J connectivity index is 2.01. The van der Waals surface area contributed by atoms with Crippen molar-refractivity contribution in [2.24, 2.45) is 0 Å². The van der Waals surface area contributed by atoms with E-state index in [0.29, 0.717) is 0 Å². The SMILES string of the molecule is CCCc1ccc2cc(-c3ccc(OC)c(F)c3)ccc2c1. The third-order valence-electron chi connectivity index (χ3n) is 3.93. The lowest BCUT2D eigenvalue weighted by molar-refractivity contribution is 0.386. The first-order valence-electron chi connectivity index (χ1n) is 7.58. The molecule has 3 aromatic rings. The van der Waals surface area contributed by atoms with Gasteiger partial charge in [-0.1, -0.05) is 49.7 Å². The van der Waals surface area contributed by atoms with E-state index in [1.165, 1.54) is 29.5 Å². The fraction of sp³-hybridized carbons (Fsp3) is 0.200. The van der Waals surface area contributed by atoms with Gasteiger partial charge in [-0.05, 0) is 52.1 Å². The molecule has 0 heterocycles. The lowest BCUT2D eigenvalue weighted by Gasteiger charge is -2.08. The highest BCUT2D eigenvalue weighted by atomic mass is 19.1. The molecule has 2 heteroatoms. The van der Waals surface area contributed by atoms with Crippen molar-refractivity contribution in [2.75, 3.05) is 7.11 Å². The molecule has 0 amide bonds. The van der Waals surface area contributed by atoms with E-state index in [0.717, 1.165) is 24.0 Å². The molecular formula is C20H19FO. The minimum absolute atomic E-state index is 0.272. The lowest BCUT2D eigenvalue weighted by atomic mass is 9.99. The highest BCUT2D eigenvalue weighted by Gasteiger charge is 2.06. The molecule has 0 atom stereocenters. The largest absolute Gasteiger partial charge is 0.494 e. The summed E-state index contributed by atoms with van der Waals surface area (Å²) >= 11 is 0. The number of fused-ring (bicyclic) bond motifs is 1. The van der Waals surface area contributed by atoms with Gasteiger partial charge in [-0.2, -0.15) is 0 Å². The van der Waals surface area contributed by atoms with Gasteiger partial charge in [0.2, 0.25) is 0 Å². The monoisotopic (exact) mass is 294 g/mol. The zero-order valence-corrected chi connectivity index (χ0v) is 12.9. The van der Waals surface area contributed by atoms with Gasteiger partial charge in [0.1, 0.15) is 0 Å². The van der Waals surface area contributed by atoms with Gasteiger partial charge in [-0.15, -0.1) is 0 Å². The van der Waals surface area contributed by atoms with Crippen LogP contribution in [-0.4, -0.2) is 7.11 Å². The van der Waals surface area contributed by atoms with Crippen LogP contribution in [0.1, 0.15) is 18.9 Å². The lowest BCUT2D eigenvalue weighted by Crippen LogP contribution is -1.89. The van der Waals surface area contributed by atoms with E-state index < -0.39 is 0 Å². The van der Waals surface area contributed by atoms with Gasteiger partial charge >= 0.3 is 0 Å². The quantitative estimate of drug-likeness (QED) is 0.608. The third-order valence-corrected chi connectivity index (χ3v) is 3.93. The second-order valence-corrected chi connectivity index (χ2v) is 5.50. The molecule has 0 spiro atoms. The van der Waals surface area contributed by atoms with Gasteiger partial charge < -0.3 is 4.74 Å². The van der Waals surface area contributed by atoms with Crippen LogP contribution in [-0.2, 0) is 6.42 Å². The minimum Gasteiger partial charge on any atom is -0.494 e. The average Bonchev–Trinajstić information content (AvgIpc) is 2.54. The highest BCUT2D eigenvalue weighted by molar-refractivity contribution is 5.88. The molecule has 0 unspecified atom stereocenters. The topological polar surface area (TPSA) is 9.23 Å². The summed E-state index contributed by atoms with van der Waals surface area (Å²) in [6, 6.07) is 17.9. The molecule has 0 radical (unpaired) electrons. The summed E-state index contributed by atoms with van der Waals surface area (Å²) in [5, 5.41) is 2.40. The molecule has 0 aliphatic carbocycles. The second-order valence-electron chi connectivity index (χ2n) is 5.50. The maximum atomic E-state index is 13.9. The van der Waals surface area contributed by atoms with Gasteiger partial charge in [0.25, 0.3) is 0 Å². The third kappa shape index (κ3) is 2.82. The standard InChI is InChI=1S/C20H19FO/c1-3-4-14-5-6-16-12-17(8-7-15(16)11-14)18-9-10-20(22-2)19(21)13-18/h5-13H,3-4H2,1-2H3. The molecule has 0 N–H and O–H groups in total. The molecule has 22 heavy (non-hydrogen) atoms. The molecule has 0 aliphatic heterocycles. The summed E-state index contributed by atoms with van der Waals surface area (Å²) in [4.78, 5) is 0. The zero-order chi connectivity index (χ0) is 15.5. The molecule has 0 aromatic heterocycles. The molecule has 0 saturated heterocycles. The van der Waals surface area contributed by atoms with Crippen molar-refractivity contribution >= 4 is 10.8 Å². The van der Waals surface area contributed by atoms with E-state index in [-0.39, 0.29) is 11.6 Å². The van der Waals surface area contributed by atoms with Crippen molar-refractivity contribution in [3.8, 4) is 16.9 Å². The van der Waals surface area contributed by atoms with Crippen LogP contribution in [0.2, 0.25) is 0 Å². The molecule has 0 bridgehead atoms. The fourth-order valence-electron chi connectivity index (χ4n) is 2.76. The molecule has 3 rings (SSSR count). The number of methoxy groups -OCH3 is 1. The van der Waals surface area contributed by atoms with E-state index in [1.807, 2.05) is 12.1 Å². The van der Waals surface area contributed by atoms with E-state index in [1.54, 1.807) is 6.07 Å². The van der Waals surface area contributed by atoms with E-state index in [4.69, 9.17) is 4.74 Å². The van der Waals surface area contributed by atoms with Crippen molar-refractivity contribution in [1.29, 1.82) is 0 Å². The van der Waals surface area contributed by atoms with Crippen LogP contribution in [0.25, 0.3) is 21.9 Å². The predicted molar refractivity (Wildman–Crippen MR) is 89.9 cm³/mol. The summed E-state index contributed by atoms with van der Waals surface area (Å²) in [6.45, 7) is 2.19. The number of aryl methyl sites for hydroxylation is 1. The van der Waals surface area contributed by atoms with Crippen LogP contribution >= 0.6 is 0 Å². The number of hydrogen-bond donors (Lipinski definition) is 0. The zero-order valence-electron chi connectivity index (χ0n) is 12.9. The van der Waals surface area contributed by atoms with Gasteiger partial charge in [-0.3, -0.25) is 0 Å². The molecule has 3 aromatic carbocycles. The van der Waals surface area contributed by atoms with Crippen LogP contribution in [0.4, 0.5) is 4.39 Å². The maximum Gasteiger partial charge on any atom is 0.165 e. The van der Waals surface area contributed by atoms with Crippen molar-refractivity contribution in [3.05, 3.63) is 66.0 Å². The van der Waals surface area contributed by atoms with Gasteiger partial charge in [-0.25, -0.2) is 4.39 Å². The van der Waals surface area contributed by atoms with Crippen LogP contribution in [0.3, 0.4) is 0 Å². The molecule has 112 valence electrons. The molecule has 0 fully saturated rings. The van der Waals surface area contributed by atoms with Crippen molar-refractivity contribution in [3.63, 3.8) is 0 Å². The normalized spacial score (nSPS) is 10.9. The van der Waals surface area contributed by atoms with Crippen LogP contribution in [0.5, 0.6) is 5.75 Å². The van der Waals surface area contributed by atoms with Gasteiger partial charge in [0.05, 0.1) is 7.11 Å². The molecule has 1 nitrogen and oxygen atoms in total. The highest BCUT2D eigenvalue weighted by Crippen LogP contribution is 2.28. The van der Waals surface area contributed by atoms with Gasteiger partial charge in [0.15, 0.2) is 11.6 Å².